The van der Waals surface area contributed by atoms with Crippen LogP contribution in [0.2, 0.25) is 0 Å². The lowest BCUT2D eigenvalue weighted by Crippen LogP contribution is -2.54. The Bertz CT molecular complexity index is 986. The average molecular weight is 398 g/mol. The molecule has 0 atom stereocenters. The van der Waals surface area contributed by atoms with Crippen LogP contribution >= 0.6 is 12.2 Å². The minimum atomic E-state index is -0.566. The lowest BCUT2D eigenvalue weighted by Gasteiger charge is -2.29. The van der Waals surface area contributed by atoms with Crippen molar-refractivity contribution in [3.63, 3.8) is 0 Å². The summed E-state index contributed by atoms with van der Waals surface area (Å²) in [6, 6.07) is 11.9. The molecule has 0 bridgehead atoms. The SMILES string of the molecule is COc1cccc(N2C(=O)/C(=C\c3ccc(OC)c(OC)c3)C(=O)NC2=S)c1. The molecule has 0 unspecified atom stereocenters. The number of rotatable bonds is 5. The molecule has 8 heteroatoms. The first kappa shape index (κ1) is 19.4. The van der Waals surface area contributed by atoms with E-state index in [2.05, 4.69) is 5.32 Å². The molecule has 2 aromatic rings. The van der Waals surface area contributed by atoms with Gasteiger partial charge in [0, 0.05) is 6.07 Å². The zero-order chi connectivity index (χ0) is 20.3. The van der Waals surface area contributed by atoms with Crippen LogP contribution in [0.1, 0.15) is 5.56 Å². The lowest BCUT2D eigenvalue weighted by molar-refractivity contribution is -0.122. The number of ether oxygens (including phenoxy) is 3. The van der Waals surface area contributed by atoms with E-state index in [9.17, 15) is 9.59 Å². The van der Waals surface area contributed by atoms with Gasteiger partial charge in [-0.15, -0.1) is 0 Å². The highest BCUT2D eigenvalue weighted by Gasteiger charge is 2.34. The molecule has 28 heavy (non-hydrogen) atoms. The van der Waals surface area contributed by atoms with E-state index in [4.69, 9.17) is 26.4 Å². The van der Waals surface area contributed by atoms with Crippen molar-refractivity contribution in [2.24, 2.45) is 0 Å². The Morgan fingerprint density at radius 2 is 1.71 bits per heavy atom. The van der Waals surface area contributed by atoms with E-state index in [1.807, 2.05) is 0 Å². The zero-order valence-corrected chi connectivity index (χ0v) is 16.3. The van der Waals surface area contributed by atoms with Gasteiger partial charge in [0.15, 0.2) is 16.6 Å². The number of anilines is 1. The molecule has 2 aromatic carbocycles. The number of benzene rings is 2. The van der Waals surface area contributed by atoms with Gasteiger partial charge < -0.3 is 14.2 Å². The largest absolute Gasteiger partial charge is 0.497 e. The molecule has 0 radical (unpaired) electrons. The highest BCUT2D eigenvalue weighted by atomic mass is 32.1. The number of hydrogen-bond acceptors (Lipinski definition) is 6. The normalized spacial score (nSPS) is 15.5. The Hall–Kier alpha value is -3.39. The zero-order valence-electron chi connectivity index (χ0n) is 15.5. The second kappa shape index (κ2) is 8.10. The molecule has 0 spiro atoms. The topological polar surface area (TPSA) is 77.1 Å². The van der Waals surface area contributed by atoms with Crippen molar-refractivity contribution in [1.29, 1.82) is 0 Å². The van der Waals surface area contributed by atoms with Crippen molar-refractivity contribution in [2.45, 2.75) is 0 Å². The Kier molecular flexibility index (Phi) is 5.60. The molecule has 0 aliphatic carbocycles. The van der Waals surface area contributed by atoms with Gasteiger partial charge in [-0.05, 0) is 48.1 Å². The first-order chi connectivity index (χ1) is 13.5. The maximum Gasteiger partial charge on any atom is 0.270 e. The van der Waals surface area contributed by atoms with Gasteiger partial charge >= 0.3 is 0 Å². The molecule has 1 N–H and O–H groups in total. The van der Waals surface area contributed by atoms with E-state index in [1.54, 1.807) is 42.5 Å². The van der Waals surface area contributed by atoms with Crippen LogP contribution in [0.3, 0.4) is 0 Å². The fraction of sp³-hybridized carbons (Fsp3) is 0.150. The summed E-state index contributed by atoms with van der Waals surface area (Å²) in [5, 5.41) is 2.56. The van der Waals surface area contributed by atoms with Gasteiger partial charge in [0.1, 0.15) is 11.3 Å². The Morgan fingerprint density at radius 3 is 2.39 bits per heavy atom. The number of thiocarbonyl (C=S) groups is 1. The number of amides is 2. The summed E-state index contributed by atoms with van der Waals surface area (Å²) < 4.78 is 15.7. The molecule has 0 saturated carbocycles. The van der Waals surface area contributed by atoms with Crippen LogP contribution in [0.25, 0.3) is 6.08 Å². The predicted octanol–water partition coefficient (Wildman–Crippen LogP) is 2.54. The van der Waals surface area contributed by atoms with Crippen LogP contribution in [-0.2, 0) is 9.59 Å². The third kappa shape index (κ3) is 3.67. The second-order valence-electron chi connectivity index (χ2n) is 5.77. The summed E-state index contributed by atoms with van der Waals surface area (Å²) >= 11 is 5.20. The molecule has 3 rings (SSSR count). The molecular weight excluding hydrogens is 380 g/mol. The molecule has 1 fully saturated rings. The standard InChI is InChI=1S/C20H18N2O5S/c1-25-14-6-4-5-13(11-14)22-19(24)15(18(23)21-20(22)28)9-12-7-8-16(26-2)17(10-12)27-3/h4-11H,1-3H3,(H,21,23,28)/b15-9-. The van der Waals surface area contributed by atoms with Crippen molar-refractivity contribution in [1.82, 2.24) is 5.32 Å². The van der Waals surface area contributed by atoms with Gasteiger partial charge in [-0.3, -0.25) is 19.8 Å². The summed E-state index contributed by atoms with van der Waals surface area (Å²) in [6.45, 7) is 0. The maximum atomic E-state index is 13.0. The van der Waals surface area contributed by atoms with E-state index in [-0.39, 0.29) is 10.7 Å². The summed E-state index contributed by atoms with van der Waals surface area (Å²) in [4.78, 5) is 26.7. The van der Waals surface area contributed by atoms with E-state index < -0.39 is 11.8 Å². The summed E-state index contributed by atoms with van der Waals surface area (Å²) in [6.07, 6.45) is 1.48. The van der Waals surface area contributed by atoms with Crippen LogP contribution in [0, 0.1) is 0 Å². The molecule has 1 aliphatic heterocycles. The third-order valence-electron chi connectivity index (χ3n) is 4.13. The van der Waals surface area contributed by atoms with Crippen LogP contribution in [0.5, 0.6) is 17.2 Å². The van der Waals surface area contributed by atoms with Crippen LogP contribution in [0.15, 0.2) is 48.0 Å². The average Bonchev–Trinajstić information content (AvgIpc) is 2.71. The molecule has 144 valence electrons. The number of carbonyl (C=O) groups excluding carboxylic acids is 2. The number of nitrogens with zero attached hydrogens (tertiary/aromatic N) is 1. The quantitative estimate of drug-likeness (QED) is 0.474. The van der Waals surface area contributed by atoms with Gasteiger partial charge in [-0.25, -0.2) is 0 Å². The Labute approximate surface area is 167 Å². The number of nitrogens with one attached hydrogen (secondary N) is 1. The Morgan fingerprint density at radius 1 is 0.964 bits per heavy atom. The fourth-order valence-corrected chi connectivity index (χ4v) is 3.03. The molecule has 1 saturated heterocycles. The maximum absolute atomic E-state index is 13.0. The first-order valence-corrected chi connectivity index (χ1v) is 8.67. The minimum Gasteiger partial charge on any atom is -0.497 e. The van der Waals surface area contributed by atoms with Crippen LogP contribution in [0.4, 0.5) is 5.69 Å². The van der Waals surface area contributed by atoms with Crippen molar-refractivity contribution >= 4 is 40.9 Å². The van der Waals surface area contributed by atoms with Crippen LogP contribution in [-0.4, -0.2) is 38.3 Å². The summed E-state index contributed by atoms with van der Waals surface area (Å²) in [5.41, 5.74) is 1.05. The van der Waals surface area contributed by atoms with Gasteiger partial charge in [0.05, 0.1) is 27.0 Å². The van der Waals surface area contributed by atoms with E-state index in [0.717, 1.165) is 0 Å². The highest BCUT2D eigenvalue weighted by Crippen LogP contribution is 2.30. The summed E-state index contributed by atoms with van der Waals surface area (Å²) in [7, 11) is 4.57. The lowest BCUT2D eigenvalue weighted by atomic mass is 10.1. The number of methoxy groups -OCH3 is 3. The molecule has 0 aromatic heterocycles. The van der Waals surface area contributed by atoms with Gasteiger partial charge in [0.25, 0.3) is 11.8 Å². The van der Waals surface area contributed by atoms with Crippen LogP contribution < -0.4 is 24.4 Å². The van der Waals surface area contributed by atoms with Gasteiger partial charge in [-0.2, -0.15) is 0 Å². The monoisotopic (exact) mass is 398 g/mol. The molecule has 2 amide bonds. The molecule has 1 heterocycles. The number of hydrogen-bond donors (Lipinski definition) is 1. The van der Waals surface area contributed by atoms with Gasteiger partial charge in [-0.1, -0.05) is 12.1 Å². The third-order valence-corrected chi connectivity index (χ3v) is 4.42. The second-order valence-corrected chi connectivity index (χ2v) is 6.16. The summed E-state index contributed by atoms with van der Waals surface area (Å²) in [5.74, 6) is 0.500. The smallest absolute Gasteiger partial charge is 0.270 e. The fourth-order valence-electron chi connectivity index (χ4n) is 2.75. The van der Waals surface area contributed by atoms with E-state index in [1.165, 1.54) is 32.3 Å². The van der Waals surface area contributed by atoms with Crippen molar-refractivity contribution in [3.05, 3.63) is 53.6 Å². The number of carbonyl (C=O) groups is 2. The minimum absolute atomic E-state index is 0.00714. The van der Waals surface area contributed by atoms with Crippen molar-refractivity contribution in [2.75, 3.05) is 26.2 Å². The predicted molar refractivity (Wildman–Crippen MR) is 109 cm³/mol. The highest BCUT2D eigenvalue weighted by molar-refractivity contribution is 7.80. The van der Waals surface area contributed by atoms with Crippen molar-refractivity contribution < 1.29 is 23.8 Å². The van der Waals surface area contributed by atoms with Crippen molar-refractivity contribution in [3.8, 4) is 17.2 Å². The van der Waals surface area contributed by atoms with E-state index in [0.29, 0.717) is 28.5 Å². The first-order valence-electron chi connectivity index (χ1n) is 8.26. The molecule has 7 nitrogen and oxygen atoms in total. The Balaban J connectivity index is 2.01. The van der Waals surface area contributed by atoms with Gasteiger partial charge in [0.2, 0.25) is 0 Å². The molecule has 1 aliphatic rings. The van der Waals surface area contributed by atoms with E-state index >= 15 is 0 Å². The molecular formula is C20H18N2O5S.